The quantitative estimate of drug-likeness (QED) is 0.887. The molecule has 0 aliphatic carbocycles. The molecule has 0 saturated carbocycles. The van der Waals surface area contributed by atoms with Crippen molar-refractivity contribution in [1.82, 2.24) is 4.98 Å². The van der Waals surface area contributed by atoms with Crippen LogP contribution in [0.15, 0.2) is 36.4 Å². The van der Waals surface area contributed by atoms with E-state index in [9.17, 15) is 13.2 Å². The van der Waals surface area contributed by atoms with E-state index >= 15 is 0 Å². The number of nitrogens with zero attached hydrogens (tertiary/aromatic N) is 2. The molecule has 1 fully saturated rings. The fraction of sp³-hybridized carbons (Fsp3) is 0.294. The van der Waals surface area contributed by atoms with E-state index in [1.807, 2.05) is 13.0 Å². The molecule has 0 bridgehead atoms. The van der Waals surface area contributed by atoms with Crippen LogP contribution in [0.3, 0.4) is 0 Å². The van der Waals surface area contributed by atoms with Crippen molar-refractivity contribution in [2.75, 3.05) is 21.9 Å². The summed E-state index contributed by atoms with van der Waals surface area (Å²) in [6, 6.07) is 9.93. The van der Waals surface area contributed by atoms with Crippen LogP contribution in [-0.4, -0.2) is 31.6 Å². The molecule has 3 rings (SSSR count). The Morgan fingerprint density at radius 1 is 1.24 bits per heavy atom. The Labute approximate surface area is 151 Å². The Morgan fingerprint density at radius 2 is 2.04 bits per heavy atom. The summed E-state index contributed by atoms with van der Waals surface area (Å²) in [7, 11) is -3.40. The Hall–Kier alpha value is -2.12. The highest BCUT2D eigenvalue weighted by molar-refractivity contribution is 7.92. The molecule has 6 nitrogen and oxygen atoms in total. The Bertz CT molecular complexity index is 915. The molecule has 132 valence electrons. The van der Waals surface area contributed by atoms with Gasteiger partial charge in [-0.05, 0) is 50.1 Å². The average Bonchev–Trinajstić information content (AvgIpc) is 2.55. The molecule has 8 heteroatoms. The van der Waals surface area contributed by atoms with Gasteiger partial charge in [-0.2, -0.15) is 0 Å². The smallest absolute Gasteiger partial charge is 0.256 e. The zero-order chi connectivity index (χ0) is 18.0. The Morgan fingerprint density at radius 3 is 2.76 bits per heavy atom. The van der Waals surface area contributed by atoms with Gasteiger partial charge in [-0.25, -0.2) is 13.4 Å². The van der Waals surface area contributed by atoms with Crippen molar-refractivity contribution >= 4 is 39.0 Å². The zero-order valence-electron chi connectivity index (χ0n) is 13.7. The molecule has 1 aromatic carbocycles. The summed E-state index contributed by atoms with van der Waals surface area (Å²) in [5.41, 5.74) is 1.45. The van der Waals surface area contributed by atoms with Gasteiger partial charge in [-0.3, -0.25) is 9.10 Å². The number of aryl methyl sites for hydroxylation is 1. The Balaban J connectivity index is 1.89. The summed E-state index contributed by atoms with van der Waals surface area (Å²) >= 11 is 6.19. The normalized spacial score (nSPS) is 16.5. The van der Waals surface area contributed by atoms with E-state index in [-0.39, 0.29) is 11.7 Å². The lowest BCUT2D eigenvalue weighted by Crippen LogP contribution is -2.38. The second-order valence-electron chi connectivity index (χ2n) is 5.88. The lowest BCUT2D eigenvalue weighted by atomic mass is 10.1. The third-order valence-corrected chi connectivity index (χ3v) is 6.13. The van der Waals surface area contributed by atoms with E-state index in [1.54, 1.807) is 24.3 Å². The van der Waals surface area contributed by atoms with E-state index in [0.717, 1.165) is 12.1 Å². The maximum absolute atomic E-state index is 12.5. The molecule has 0 unspecified atom stereocenters. The summed E-state index contributed by atoms with van der Waals surface area (Å²) in [6.45, 7) is 2.20. The molecule has 0 spiro atoms. The number of amides is 1. The minimum absolute atomic E-state index is 0.0902. The van der Waals surface area contributed by atoms with Gasteiger partial charge < -0.3 is 5.32 Å². The summed E-state index contributed by atoms with van der Waals surface area (Å²) < 4.78 is 25.9. The monoisotopic (exact) mass is 379 g/mol. The number of anilines is 2. The van der Waals surface area contributed by atoms with Gasteiger partial charge in [0.15, 0.2) is 0 Å². The predicted molar refractivity (Wildman–Crippen MR) is 98.7 cm³/mol. The largest absolute Gasteiger partial charge is 0.307 e. The van der Waals surface area contributed by atoms with Crippen LogP contribution in [-0.2, 0) is 10.0 Å². The third kappa shape index (κ3) is 3.93. The second-order valence-corrected chi connectivity index (χ2v) is 8.30. The van der Waals surface area contributed by atoms with Crippen molar-refractivity contribution in [1.29, 1.82) is 0 Å². The van der Waals surface area contributed by atoms with E-state index < -0.39 is 10.0 Å². The molecule has 25 heavy (non-hydrogen) atoms. The van der Waals surface area contributed by atoms with E-state index in [0.29, 0.717) is 35.1 Å². The van der Waals surface area contributed by atoms with Crippen LogP contribution in [0.5, 0.6) is 0 Å². The molecule has 0 atom stereocenters. The van der Waals surface area contributed by atoms with E-state index in [2.05, 4.69) is 10.3 Å². The molecule has 1 aliphatic heterocycles. The fourth-order valence-corrected chi connectivity index (χ4v) is 4.62. The second kappa shape index (κ2) is 7.01. The molecule has 1 N–H and O–H groups in total. The molecule has 1 aromatic heterocycles. The first-order valence-electron chi connectivity index (χ1n) is 7.92. The minimum Gasteiger partial charge on any atom is -0.307 e. The van der Waals surface area contributed by atoms with E-state index in [1.165, 1.54) is 10.4 Å². The number of rotatable bonds is 3. The first-order chi connectivity index (χ1) is 11.9. The van der Waals surface area contributed by atoms with Gasteiger partial charge in [0.1, 0.15) is 5.82 Å². The van der Waals surface area contributed by atoms with Gasteiger partial charge in [-0.1, -0.05) is 17.7 Å². The molecular weight excluding hydrogens is 362 g/mol. The zero-order valence-corrected chi connectivity index (χ0v) is 15.3. The number of nitrogens with one attached hydrogen (secondary N) is 1. The van der Waals surface area contributed by atoms with Crippen LogP contribution >= 0.6 is 11.6 Å². The van der Waals surface area contributed by atoms with Crippen LogP contribution in [0.1, 0.15) is 28.9 Å². The first kappa shape index (κ1) is 17.7. The number of pyridine rings is 1. The van der Waals surface area contributed by atoms with Gasteiger partial charge in [0.2, 0.25) is 10.0 Å². The van der Waals surface area contributed by atoms with Crippen molar-refractivity contribution in [2.45, 2.75) is 19.8 Å². The Kier molecular flexibility index (Phi) is 4.96. The maximum Gasteiger partial charge on any atom is 0.256 e. The lowest BCUT2D eigenvalue weighted by molar-refractivity contribution is 0.102. The summed E-state index contributed by atoms with van der Waals surface area (Å²) in [5, 5.41) is 3.01. The van der Waals surface area contributed by atoms with Crippen LogP contribution < -0.4 is 9.62 Å². The minimum atomic E-state index is -3.40. The van der Waals surface area contributed by atoms with Crippen LogP contribution in [0.4, 0.5) is 11.5 Å². The molecular formula is C17H18ClN3O3S. The number of aromatic nitrogens is 1. The van der Waals surface area contributed by atoms with Crippen molar-refractivity contribution in [3.05, 3.63) is 52.7 Å². The van der Waals surface area contributed by atoms with Gasteiger partial charge in [0, 0.05) is 17.8 Å². The molecule has 0 radical (unpaired) electrons. The number of halogens is 1. The van der Waals surface area contributed by atoms with Gasteiger partial charge >= 0.3 is 0 Å². The maximum atomic E-state index is 12.5. The highest BCUT2D eigenvalue weighted by Gasteiger charge is 2.28. The lowest BCUT2D eigenvalue weighted by Gasteiger charge is -2.29. The number of benzene rings is 1. The number of carbonyl (C=O) groups excluding carboxylic acids is 1. The number of sulfonamides is 1. The van der Waals surface area contributed by atoms with Gasteiger partial charge in [0.25, 0.3) is 5.91 Å². The van der Waals surface area contributed by atoms with Crippen LogP contribution in [0.25, 0.3) is 0 Å². The SMILES string of the molecule is Cc1cccc(NC(=O)c2ccc(Cl)c(N3CCCCS3(=O)=O)c2)n1. The highest BCUT2D eigenvalue weighted by atomic mass is 35.5. The first-order valence-corrected chi connectivity index (χ1v) is 9.90. The molecule has 1 aliphatic rings. The summed E-state index contributed by atoms with van der Waals surface area (Å²) in [6.07, 6.45) is 1.40. The standard InChI is InChI=1S/C17H18ClN3O3S/c1-12-5-4-6-16(19-12)20-17(22)13-7-8-14(18)15(11-13)21-9-2-3-10-25(21,23)24/h4-8,11H,2-3,9-10H2,1H3,(H,19,20,22). The number of carbonyl (C=O) groups is 1. The topological polar surface area (TPSA) is 79.4 Å². The number of hydrogen-bond donors (Lipinski definition) is 1. The highest BCUT2D eigenvalue weighted by Crippen LogP contribution is 2.31. The number of hydrogen-bond acceptors (Lipinski definition) is 4. The van der Waals surface area contributed by atoms with Crippen molar-refractivity contribution < 1.29 is 13.2 Å². The molecule has 2 aromatic rings. The molecule has 2 heterocycles. The predicted octanol–water partition coefficient (Wildman–Crippen LogP) is 3.23. The summed E-state index contributed by atoms with van der Waals surface area (Å²) in [5.74, 6) is 0.157. The van der Waals surface area contributed by atoms with Crippen molar-refractivity contribution in [2.24, 2.45) is 0 Å². The van der Waals surface area contributed by atoms with E-state index in [4.69, 9.17) is 11.6 Å². The van der Waals surface area contributed by atoms with Crippen molar-refractivity contribution in [3.63, 3.8) is 0 Å². The van der Waals surface area contributed by atoms with Gasteiger partial charge in [-0.15, -0.1) is 0 Å². The summed E-state index contributed by atoms with van der Waals surface area (Å²) in [4.78, 5) is 16.7. The van der Waals surface area contributed by atoms with Crippen LogP contribution in [0.2, 0.25) is 5.02 Å². The average molecular weight is 380 g/mol. The molecule has 1 saturated heterocycles. The van der Waals surface area contributed by atoms with Crippen molar-refractivity contribution in [3.8, 4) is 0 Å². The van der Waals surface area contributed by atoms with Crippen LogP contribution in [0, 0.1) is 6.92 Å². The van der Waals surface area contributed by atoms with Gasteiger partial charge in [0.05, 0.1) is 16.5 Å². The third-order valence-electron chi connectivity index (χ3n) is 3.96. The molecule has 1 amide bonds. The fourth-order valence-electron chi connectivity index (χ4n) is 2.71.